The molecule has 0 aliphatic carbocycles. The van der Waals surface area contributed by atoms with Gasteiger partial charge < -0.3 is 0 Å². The summed E-state index contributed by atoms with van der Waals surface area (Å²) in [7, 11) is 0. The maximum Gasteiger partial charge on any atom is 0.261 e. The Balaban J connectivity index is 2.18. The summed E-state index contributed by atoms with van der Waals surface area (Å²) in [5, 5.41) is 0.619. The molecule has 0 aliphatic rings. The molecule has 1 aromatic carbocycles. The van der Waals surface area contributed by atoms with Crippen molar-refractivity contribution < 1.29 is 0 Å². The van der Waals surface area contributed by atoms with E-state index in [1.807, 2.05) is 37.3 Å². The van der Waals surface area contributed by atoms with Gasteiger partial charge in [0.25, 0.3) is 5.56 Å². The Hall–Kier alpha value is -2.01. The number of hydrogen-bond acceptors (Lipinski definition) is 3. The van der Waals surface area contributed by atoms with E-state index in [0.29, 0.717) is 17.8 Å². The first-order valence-corrected chi connectivity index (χ1v) is 7.00. The number of fused-ring (bicyclic) bond motifs is 1. The monoisotopic (exact) mass is 329 g/mol. The molecule has 0 saturated heterocycles. The highest BCUT2D eigenvalue weighted by molar-refractivity contribution is 9.10. The largest absolute Gasteiger partial charge is 0.292 e. The van der Waals surface area contributed by atoms with Crippen LogP contribution < -0.4 is 5.56 Å². The minimum Gasteiger partial charge on any atom is -0.292 e. The van der Waals surface area contributed by atoms with Crippen molar-refractivity contribution in [2.75, 3.05) is 0 Å². The lowest BCUT2D eigenvalue weighted by molar-refractivity contribution is 0.710. The Morgan fingerprint density at radius 3 is 2.90 bits per heavy atom. The minimum atomic E-state index is -0.0300. The van der Waals surface area contributed by atoms with Gasteiger partial charge in [-0.05, 0) is 36.8 Å². The van der Waals surface area contributed by atoms with E-state index < -0.39 is 0 Å². The summed E-state index contributed by atoms with van der Waals surface area (Å²) in [6.07, 6.45) is 3.48. The predicted molar refractivity (Wildman–Crippen MR) is 81.8 cm³/mol. The maximum atomic E-state index is 12.6. The second kappa shape index (κ2) is 5.17. The zero-order chi connectivity index (χ0) is 14.1. The van der Waals surface area contributed by atoms with Gasteiger partial charge in [-0.25, -0.2) is 4.98 Å². The molecule has 0 aliphatic heterocycles. The molecule has 5 heteroatoms. The number of pyridine rings is 1. The maximum absolute atomic E-state index is 12.6. The Bertz CT molecular complexity index is 828. The fourth-order valence-corrected chi connectivity index (χ4v) is 2.53. The van der Waals surface area contributed by atoms with Crippen molar-refractivity contribution in [3.05, 3.63) is 68.9 Å². The van der Waals surface area contributed by atoms with E-state index in [1.54, 1.807) is 17.0 Å². The van der Waals surface area contributed by atoms with Crippen LogP contribution >= 0.6 is 15.9 Å². The molecule has 0 atom stereocenters. The number of rotatable bonds is 2. The van der Waals surface area contributed by atoms with Gasteiger partial charge >= 0.3 is 0 Å². The summed E-state index contributed by atoms with van der Waals surface area (Å²) in [5.74, 6) is 0.702. The molecule has 0 unspecified atom stereocenters. The Morgan fingerprint density at radius 2 is 2.15 bits per heavy atom. The van der Waals surface area contributed by atoms with Gasteiger partial charge in [0.15, 0.2) is 0 Å². The lowest BCUT2D eigenvalue weighted by atomic mass is 10.2. The normalized spacial score (nSPS) is 10.9. The van der Waals surface area contributed by atoms with Crippen LogP contribution in [0.2, 0.25) is 0 Å². The van der Waals surface area contributed by atoms with Crippen LogP contribution in [0.3, 0.4) is 0 Å². The molecular formula is C15H12BrN3O. The second-order valence-corrected chi connectivity index (χ2v) is 5.49. The molecule has 2 aromatic heterocycles. The van der Waals surface area contributed by atoms with Crippen molar-refractivity contribution in [1.82, 2.24) is 14.5 Å². The van der Waals surface area contributed by atoms with Crippen molar-refractivity contribution in [3.63, 3.8) is 0 Å². The van der Waals surface area contributed by atoms with Gasteiger partial charge in [-0.2, -0.15) is 0 Å². The third kappa shape index (κ3) is 2.36. The minimum absolute atomic E-state index is 0.0300. The van der Waals surface area contributed by atoms with E-state index in [4.69, 9.17) is 0 Å². The summed E-state index contributed by atoms with van der Waals surface area (Å²) in [5.41, 5.74) is 1.67. The van der Waals surface area contributed by atoms with Crippen molar-refractivity contribution in [3.8, 4) is 0 Å². The summed E-state index contributed by atoms with van der Waals surface area (Å²) in [6, 6.07) is 9.36. The average Bonchev–Trinajstić information content (AvgIpc) is 2.46. The third-order valence-electron chi connectivity index (χ3n) is 3.17. The molecule has 0 amide bonds. The Kier molecular flexibility index (Phi) is 3.36. The lowest BCUT2D eigenvalue weighted by Gasteiger charge is -2.10. The van der Waals surface area contributed by atoms with E-state index >= 15 is 0 Å². The molecule has 0 fully saturated rings. The molecule has 4 nitrogen and oxygen atoms in total. The highest BCUT2D eigenvalue weighted by Gasteiger charge is 2.09. The second-order valence-electron chi connectivity index (χ2n) is 4.57. The van der Waals surface area contributed by atoms with E-state index in [9.17, 15) is 4.79 Å². The fourth-order valence-electron chi connectivity index (χ4n) is 2.16. The molecule has 0 spiro atoms. The number of aryl methyl sites for hydroxylation is 1. The summed E-state index contributed by atoms with van der Waals surface area (Å²) in [4.78, 5) is 21.2. The third-order valence-corrected chi connectivity index (χ3v) is 3.66. The zero-order valence-corrected chi connectivity index (χ0v) is 12.5. The van der Waals surface area contributed by atoms with E-state index in [1.165, 1.54) is 0 Å². The van der Waals surface area contributed by atoms with Crippen LogP contribution in [0, 0.1) is 6.92 Å². The molecule has 100 valence electrons. The van der Waals surface area contributed by atoms with Crippen LogP contribution in [0.4, 0.5) is 0 Å². The van der Waals surface area contributed by atoms with Crippen LogP contribution in [0.5, 0.6) is 0 Å². The summed E-state index contributed by atoms with van der Waals surface area (Å²) < 4.78 is 2.55. The van der Waals surface area contributed by atoms with E-state index in [-0.39, 0.29) is 5.56 Å². The first-order valence-electron chi connectivity index (χ1n) is 6.21. The van der Waals surface area contributed by atoms with Gasteiger partial charge in [0.05, 0.1) is 17.4 Å². The van der Waals surface area contributed by atoms with Crippen LogP contribution in [0.15, 0.2) is 52.0 Å². The Labute approximate surface area is 124 Å². The van der Waals surface area contributed by atoms with Crippen LogP contribution in [0.25, 0.3) is 10.9 Å². The van der Waals surface area contributed by atoms with Crippen molar-refractivity contribution >= 4 is 26.8 Å². The van der Waals surface area contributed by atoms with Gasteiger partial charge in [-0.3, -0.25) is 14.3 Å². The molecule has 0 radical (unpaired) electrons. The molecule has 2 heterocycles. The van der Waals surface area contributed by atoms with E-state index in [0.717, 1.165) is 15.6 Å². The predicted octanol–water partition coefficient (Wildman–Crippen LogP) is 2.91. The van der Waals surface area contributed by atoms with Crippen molar-refractivity contribution in [2.24, 2.45) is 0 Å². The SMILES string of the molecule is Cc1nc2ccc(Br)cc2c(=O)n1Cc1cccnc1. The average molecular weight is 330 g/mol. The lowest BCUT2D eigenvalue weighted by Crippen LogP contribution is -2.24. The van der Waals surface area contributed by atoms with Gasteiger partial charge in [-0.15, -0.1) is 0 Å². The van der Waals surface area contributed by atoms with E-state index in [2.05, 4.69) is 25.9 Å². The smallest absolute Gasteiger partial charge is 0.261 e. The molecular weight excluding hydrogens is 318 g/mol. The summed E-state index contributed by atoms with van der Waals surface area (Å²) >= 11 is 3.39. The van der Waals surface area contributed by atoms with Gasteiger partial charge in [0, 0.05) is 16.9 Å². The van der Waals surface area contributed by atoms with Crippen molar-refractivity contribution in [1.29, 1.82) is 0 Å². The van der Waals surface area contributed by atoms with Gasteiger partial charge in [0.2, 0.25) is 0 Å². The fraction of sp³-hybridized carbons (Fsp3) is 0.133. The number of benzene rings is 1. The molecule has 0 saturated carbocycles. The first kappa shape index (κ1) is 13.0. The Morgan fingerprint density at radius 1 is 1.30 bits per heavy atom. The molecule has 20 heavy (non-hydrogen) atoms. The number of aromatic nitrogens is 3. The van der Waals surface area contributed by atoms with Crippen LogP contribution in [0.1, 0.15) is 11.4 Å². The quantitative estimate of drug-likeness (QED) is 0.726. The number of halogens is 1. The molecule has 3 rings (SSSR count). The van der Waals surface area contributed by atoms with Gasteiger partial charge in [0.1, 0.15) is 5.82 Å². The number of hydrogen-bond donors (Lipinski definition) is 0. The highest BCUT2D eigenvalue weighted by Crippen LogP contribution is 2.16. The molecule has 0 bridgehead atoms. The summed E-state index contributed by atoms with van der Waals surface area (Å²) in [6.45, 7) is 2.33. The highest BCUT2D eigenvalue weighted by atomic mass is 79.9. The zero-order valence-electron chi connectivity index (χ0n) is 10.9. The molecule has 0 N–H and O–H groups in total. The van der Waals surface area contributed by atoms with Crippen LogP contribution in [-0.2, 0) is 6.54 Å². The first-order chi connectivity index (χ1) is 9.65. The standard InChI is InChI=1S/C15H12BrN3O/c1-10-18-14-5-4-12(16)7-13(14)15(20)19(10)9-11-3-2-6-17-8-11/h2-8H,9H2,1H3. The van der Waals surface area contributed by atoms with Crippen LogP contribution in [-0.4, -0.2) is 14.5 Å². The molecule has 3 aromatic rings. The number of nitrogens with zero attached hydrogens (tertiary/aromatic N) is 3. The van der Waals surface area contributed by atoms with Gasteiger partial charge in [-0.1, -0.05) is 22.0 Å². The van der Waals surface area contributed by atoms with Crippen molar-refractivity contribution in [2.45, 2.75) is 13.5 Å². The topological polar surface area (TPSA) is 47.8 Å².